The van der Waals surface area contributed by atoms with Crippen molar-refractivity contribution in [3.63, 3.8) is 0 Å². The van der Waals surface area contributed by atoms with Crippen LogP contribution in [0.25, 0.3) is 0 Å². The van der Waals surface area contributed by atoms with Crippen molar-refractivity contribution in [1.82, 2.24) is 9.80 Å². The van der Waals surface area contributed by atoms with Gasteiger partial charge in [-0.15, -0.1) is 0 Å². The zero-order valence-corrected chi connectivity index (χ0v) is 15.8. The molecule has 2 aromatic carbocycles. The van der Waals surface area contributed by atoms with E-state index in [2.05, 4.69) is 0 Å². The Balaban J connectivity index is 1.32. The van der Waals surface area contributed by atoms with Crippen LogP contribution in [0.1, 0.15) is 36.5 Å². The van der Waals surface area contributed by atoms with Gasteiger partial charge in [-0.1, -0.05) is 60.7 Å². The maximum absolute atomic E-state index is 12.9. The summed E-state index contributed by atoms with van der Waals surface area (Å²) in [5.41, 5.74) is 1.61. The molecule has 2 amide bonds. The van der Waals surface area contributed by atoms with E-state index in [0.29, 0.717) is 32.4 Å². The van der Waals surface area contributed by atoms with Crippen molar-refractivity contribution in [2.24, 2.45) is 0 Å². The Bertz CT molecular complexity index is 885. The second kappa shape index (κ2) is 6.74. The average Bonchev–Trinajstić information content (AvgIpc) is 3.36. The van der Waals surface area contributed by atoms with Crippen molar-refractivity contribution in [1.29, 1.82) is 0 Å². The van der Waals surface area contributed by atoms with Gasteiger partial charge < -0.3 is 14.5 Å². The van der Waals surface area contributed by atoms with Crippen LogP contribution in [0.4, 0.5) is 0 Å². The molecule has 1 spiro atoms. The monoisotopic (exact) mass is 376 g/mol. The Morgan fingerprint density at radius 3 is 2.54 bits per heavy atom. The molecule has 144 valence electrons. The third-order valence-corrected chi connectivity index (χ3v) is 6.39. The fourth-order valence-corrected chi connectivity index (χ4v) is 5.00. The molecule has 5 rings (SSSR count). The number of carbonyl (C=O) groups excluding carboxylic acids is 2. The topological polar surface area (TPSA) is 49.9 Å². The largest absolute Gasteiger partial charge is 0.343 e. The van der Waals surface area contributed by atoms with E-state index in [0.717, 1.165) is 17.5 Å². The standard InChI is InChI=1S/C23H24N2O3/c26-21(12-11-17-7-3-1-4-8-17)24-14-13-23-20(24)15-22(27)25(23)16-19(28-23)18-9-5-2-6-10-18/h1-10,19-20H,11-16H2/t19-,20-,23+/m1/s1. The van der Waals surface area contributed by atoms with Crippen molar-refractivity contribution >= 4 is 11.8 Å². The van der Waals surface area contributed by atoms with E-state index >= 15 is 0 Å². The molecule has 3 aliphatic rings. The van der Waals surface area contributed by atoms with Crippen LogP contribution in [0, 0.1) is 0 Å². The Morgan fingerprint density at radius 2 is 1.79 bits per heavy atom. The first-order chi connectivity index (χ1) is 13.7. The Morgan fingerprint density at radius 1 is 1.07 bits per heavy atom. The molecular weight excluding hydrogens is 352 g/mol. The van der Waals surface area contributed by atoms with Gasteiger partial charge in [-0.05, 0) is 17.5 Å². The summed E-state index contributed by atoms with van der Waals surface area (Å²) in [4.78, 5) is 29.4. The van der Waals surface area contributed by atoms with Gasteiger partial charge in [-0.2, -0.15) is 0 Å². The number of hydrogen-bond donors (Lipinski definition) is 0. The predicted molar refractivity (Wildman–Crippen MR) is 104 cm³/mol. The van der Waals surface area contributed by atoms with Crippen LogP contribution in [0.15, 0.2) is 60.7 Å². The maximum atomic E-state index is 12.9. The SMILES string of the molecule is O=C(CCc1ccccc1)N1CC[C@@]23O[C@@H](c4ccccc4)CN2C(=O)C[C@@H]13. The molecule has 0 unspecified atom stereocenters. The van der Waals surface area contributed by atoms with Gasteiger partial charge >= 0.3 is 0 Å². The number of amides is 2. The number of benzene rings is 2. The number of hydrogen-bond acceptors (Lipinski definition) is 3. The highest BCUT2D eigenvalue weighted by Crippen LogP contribution is 2.50. The van der Waals surface area contributed by atoms with Crippen molar-refractivity contribution in [2.45, 2.75) is 43.6 Å². The normalized spacial score (nSPS) is 28.5. The fourth-order valence-electron chi connectivity index (χ4n) is 5.00. The summed E-state index contributed by atoms with van der Waals surface area (Å²) in [6.07, 6.45) is 2.14. The zero-order valence-electron chi connectivity index (χ0n) is 15.8. The molecule has 3 saturated heterocycles. The van der Waals surface area contributed by atoms with Crippen LogP contribution >= 0.6 is 0 Å². The maximum Gasteiger partial charge on any atom is 0.227 e. The summed E-state index contributed by atoms with van der Waals surface area (Å²) < 4.78 is 6.51. The Kier molecular flexibility index (Phi) is 4.20. The molecule has 0 aromatic heterocycles. The first-order valence-corrected chi connectivity index (χ1v) is 10.0. The van der Waals surface area contributed by atoms with E-state index in [1.807, 2.05) is 70.5 Å². The summed E-state index contributed by atoms with van der Waals surface area (Å²) in [7, 11) is 0. The van der Waals surface area contributed by atoms with Gasteiger partial charge in [0.05, 0.1) is 19.0 Å². The van der Waals surface area contributed by atoms with Crippen molar-refractivity contribution < 1.29 is 14.3 Å². The fraction of sp³-hybridized carbons (Fsp3) is 0.391. The van der Waals surface area contributed by atoms with E-state index in [1.165, 1.54) is 0 Å². The lowest BCUT2D eigenvalue weighted by molar-refractivity contribution is -0.142. The average molecular weight is 376 g/mol. The Hall–Kier alpha value is -2.66. The molecule has 0 bridgehead atoms. The molecular formula is C23H24N2O3. The second-order valence-electron chi connectivity index (χ2n) is 7.91. The minimum absolute atomic E-state index is 0.101. The highest BCUT2D eigenvalue weighted by atomic mass is 16.5. The number of carbonyl (C=O) groups is 2. The molecule has 3 fully saturated rings. The minimum Gasteiger partial charge on any atom is -0.343 e. The van der Waals surface area contributed by atoms with Gasteiger partial charge in [0.15, 0.2) is 5.72 Å². The van der Waals surface area contributed by atoms with Crippen LogP contribution in [0.3, 0.4) is 0 Å². The van der Waals surface area contributed by atoms with E-state index in [4.69, 9.17) is 4.74 Å². The van der Waals surface area contributed by atoms with Crippen LogP contribution in [-0.4, -0.2) is 46.5 Å². The van der Waals surface area contributed by atoms with Gasteiger partial charge in [0.2, 0.25) is 11.8 Å². The van der Waals surface area contributed by atoms with E-state index in [-0.39, 0.29) is 24.0 Å². The van der Waals surface area contributed by atoms with Crippen LogP contribution in [0.5, 0.6) is 0 Å². The minimum atomic E-state index is -0.639. The number of rotatable bonds is 4. The molecule has 5 nitrogen and oxygen atoms in total. The predicted octanol–water partition coefficient (Wildman–Crippen LogP) is 2.92. The molecule has 3 heterocycles. The van der Waals surface area contributed by atoms with Gasteiger partial charge in [0, 0.05) is 19.4 Å². The summed E-state index contributed by atoms with van der Waals surface area (Å²) in [5, 5.41) is 0. The van der Waals surface area contributed by atoms with Crippen molar-refractivity contribution in [3.05, 3.63) is 71.8 Å². The molecule has 0 N–H and O–H groups in total. The van der Waals surface area contributed by atoms with E-state index in [9.17, 15) is 9.59 Å². The molecule has 0 saturated carbocycles. The number of likely N-dealkylation sites (tertiary alicyclic amines) is 1. The van der Waals surface area contributed by atoms with E-state index < -0.39 is 5.72 Å². The molecule has 2 aromatic rings. The lowest BCUT2D eigenvalue weighted by atomic mass is 10.1. The molecule has 0 radical (unpaired) electrons. The number of nitrogens with zero attached hydrogens (tertiary/aromatic N) is 2. The van der Waals surface area contributed by atoms with Crippen LogP contribution in [0.2, 0.25) is 0 Å². The smallest absolute Gasteiger partial charge is 0.227 e. The quantitative estimate of drug-likeness (QED) is 0.824. The van der Waals surface area contributed by atoms with Crippen LogP contribution < -0.4 is 0 Å². The van der Waals surface area contributed by atoms with Gasteiger partial charge in [-0.25, -0.2) is 0 Å². The summed E-state index contributed by atoms with van der Waals surface area (Å²) in [6, 6.07) is 19.9. The van der Waals surface area contributed by atoms with Gasteiger partial charge in [0.25, 0.3) is 0 Å². The van der Waals surface area contributed by atoms with Crippen molar-refractivity contribution in [3.8, 4) is 0 Å². The summed E-state index contributed by atoms with van der Waals surface area (Å²) in [5.74, 6) is 0.219. The Labute approximate surface area is 164 Å². The van der Waals surface area contributed by atoms with Gasteiger partial charge in [0.1, 0.15) is 6.10 Å². The molecule has 3 aliphatic heterocycles. The van der Waals surface area contributed by atoms with Crippen LogP contribution in [-0.2, 0) is 20.7 Å². The van der Waals surface area contributed by atoms with E-state index in [1.54, 1.807) is 0 Å². The molecule has 28 heavy (non-hydrogen) atoms. The third kappa shape index (κ3) is 2.73. The molecule has 0 aliphatic carbocycles. The zero-order chi connectivity index (χ0) is 19.1. The lowest BCUT2D eigenvalue weighted by Gasteiger charge is -2.32. The first kappa shape index (κ1) is 17.4. The number of ether oxygens (including phenoxy) is 1. The van der Waals surface area contributed by atoms with Gasteiger partial charge in [-0.3, -0.25) is 9.59 Å². The third-order valence-electron chi connectivity index (χ3n) is 6.39. The first-order valence-electron chi connectivity index (χ1n) is 10.0. The summed E-state index contributed by atoms with van der Waals surface area (Å²) >= 11 is 0. The lowest BCUT2D eigenvalue weighted by Crippen LogP contribution is -2.48. The molecule has 3 atom stereocenters. The highest BCUT2D eigenvalue weighted by molar-refractivity contribution is 5.85. The second-order valence-corrected chi connectivity index (χ2v) is 7.91. The highest BCUT2D eigenvalue weighted by Gasteiger charge is 2.64. The number of aryl methyl sites for hydroxylation is 1. The van der Waals surface area contributed by atoms with Crippen molar-refractivity contribution in [2.75, 3.05) is 13.1 Å². The molecule has 5 heteroatoms. The summed E-state index contributed by atoms with van der Waals surface area (Å²) in [6.45, 7) is 1.23.